The van der Waals surface area contributed by atoms with E-state index in [1.807, 2.05) is 6.07 Å². The second-order valence-electron chi connectivity index (χ2n) is 7.08. The molecule has 0 radical (unpaired) electrons. The lowest BCUT2D eigenvalue weighted by atomic mass is 10.1. The molecule has 2 heteroatoms. The van der Waals surface area contributed by atoms with Crippen LogP contribution in [0.1, 0.15) is 27.8 Å². The van der Waals surface area contributed by atoms with Crippen LogP contribution in [0.15, 0.2) is 72.8 Å². The van der Waals surface area contributed by atoms with Crippen LogP contribution < -0.4 is 4.90 Å². The highest BCUT2D eigenvalue weighted by Crippen LogP contribution is 2.24. The Morgan fingerprint density at radius 2 is 1.29 bits per heavy atom. The zero-order valence-corrected chi connectivity index (χ0v) is 16.9. The Hall–Kier alpha value is -3.02. The predicted molar refractivity (Wildman–Crippen MR) is 117 cm³/mol. The number of anilines is 1. The zero-order valence-electron chi connectivity index (χ0n) is 16.9. The van der Waals surface area contributed by atoms with Crippen LogP contribution in [0, 0.1) is 25.7 Å². The van der Waals surface area contributed by atoms with Gasteiger partial charge < -0.3 is 9.64 Å². The number of hydrogen-bond donors (Lipinski definition) is 0. The molecule has 2 nitrogen and oxygen atoms in total. The molecular weight excluding hydrogens is 342 g/mol. The second kappa shape index (κ2) is 9.78. The fourth-order valence-corrected chi connectivity index (χ4v) is 3.11. The Morgan fingerprint density at radius 1 is 0.750 bits per heavy atom. The van der Waals surface area contributed by atoms with Crippen LogP contribution in [-0.4, -0.2) is 13.7 Å². The van der Waals surface area contributed by atoms with E-state index in [4.69, 9.17) is 4.74 Å². The minimum absolute atomic E-state index is 0.435. The lowest BCUT2D eigenvalue weighted by Crippen LogP contribution is -2.23. The molecular formula is C26H27NO. The van der Waals surface area contributed by atoms with Crippen LogP contribution in [-0.2, 0) is 17.8 Å². The molecule has 0 heterocycles. The van der Waals surface area contributed by atoms with Crippen LogP contribution in [0.4, 0.5) is 5.69 Å². The zero-order chi connectivity index (χ0) is 19.8. The average molecular weight is 370 g/mol. The Balaban J connectivity index is 1.94. The predicted octanol–water partition coefficient (Wildman–Crippen LogP) is 5.51. The second-order valence-corrected chi connectivity index (χ2v) is 7.08. The van der Waals surface area contributed by atoms with Crippen LogP contribution in [0.5, 0.6) is 0 Å². The third-order valence-electron chi connectivity index (χ3n) is 4.67. The molecule has 3 rings (SSSR count). The van der Waals surface area contributed by atoms with E-state index in [9.17, 15) is 0 Å². The first-order chi connectivity index (χ1) is 13.7. The molecule has 3 aromatic rings. The van der Waals surface area contributed by atoms with Gasteiger partial charge in [-0.2, -0.15) is 0 Å². The summed E-state index contributed by atoms with van der Waals surface area (Å²) in [4.78, 5) is 2.39. The van der Waals surface area contributed by atoms with E-state index in [2.05, 4.69) is 97.3 Å². The summed E-state index contributed by atoms with van der Waals surface area (Å²) in [6.45, 7) is 6.33. The van der Waals surface area contributed by atoms with Gasteiger partial charge in [-0.15, -0.1) is 0 Å². The van der Waals surface area contributed by atoms with E-state index in [0.717, 1.165) is 24.3 Å². The van der Waals surface area contributed by atoms with Crippen molar-refractivity contribution in [2.75, 3.05) is 18.6 Å². The van der Waals surface area contributed by atoms with Crippen molar-refractivity contribution < 1.29 is 4.74 Å². The van der Waals surface area contributed by atoms with Gasteiger partial charge in [0, 0.05) is 25.8 Å². The van der Waals surface area contributed by atoms with Gasteiger partial charge in [0.05, 0.1) is 5.69 Å². The summed E-state index contributed by atoms with van der Waals surface area (Å²) in [5.41, 5.74) is 7.31. The van der Waals surface area contributed by atoms with Crippen molar-refractivity contribution in [3.63, 3.8) is 0 Å². The molecule has 0 N–H and O–H groups in total. The maximum absolute atomic E-state index is 5.09. The average Bonchev–Trinajstić information content (AvgIpc) is 2.71. The lowest BCUT2D eigenvalue weighted by molar-refractivity contribution is 0.240. The van der Waals surface area contributed by atoms with Gasteiger partial charge in [0.1, 0.15) is 6.61 Å². The van der Waals surface area contributed by atoms with Crippen molar-refractivity contribution in [1.29, 1.82) is 0 Å². The molecule has 0 spiro atoms. The molecule has 142 valence electrons. The molecule has 0 amide bonds. The van der Waals surface area contributed by atoms with E-state index in [1.165, 1.54) is 22.3 Å². The van der Waals surface area contributed by atoms with Crippen molar-refractivity contribution in [3.05, 3.63) is 101 Å². The highest BCUT2D eigenvalue weighted by molar-refractivity contribution is 5.61. The van der Waals surface area contributed by atoms with Crippen molar-refractivity contribution in [2.24, 2.45) is 0 Å². The maximum atomic E-state index is 5.09. The Labute approximate surface area is 168 Å². The number of methoxy groups -OCH3 is 1. The Bertz CT molecular complexity index is 899. The Morgan fingerprint density at radius 3 is 1.82 bits per heavy atom. The standard InChI is InChI=1S/C26H27NO/c1-21-10-14-23(15-11-21)19-27(20-24-16-12-22(2)13-17-24)26-9-5-4-7-25(26)8-6-18-28-3/h4-5,7,9-17H,18-20H2,1-3H3. The van der Waals surface area contributed by atoms with Gasteiger partial charge in [0.2, 0.25) is 0 Å². The van der Waals surface area contributed by atoms with Gasteiger partial charge >= 0.3 is 0 Å². The SMILES string of the molecule is COCC#Cc1ccccc1N(Cc1ccc(C)cc1)Cc1ccc(C)cc1. The highest BCUT2D eigenvalue weighted by Gasteiger charge is 2.12. The van der Waals surface area contributed by atoms with Crippen LogP contribution in [0.3, 0.4) is 0 Å². The number of hydrogen-bond acceptors (Lipinski definition) is 2. The summed E-state index contributed by atoms with van der Waals surface area (Å²) in [6.07, 6.45) is 0. The smallest absolute Gasteiger partial charge is 0.107 e. The molecule has 0 unspecified atom stereocenters. The first-order valence-electron chi connectivity index (χ1n) is 9.58. The molecule has 0 aromatic heterocycles. The third-order valence-corrected chi connectivity index (χ3v) is 4.67. The summed E-state index contributed by atoms with van der Waals surface area (Å²) in [5, 5.41) is 0. The minimum atomic E-state index is 0.435. The van der Waals surface area contributed by atoms with E-state index in [-0.39, 0.29) is 0 Å². The molecule has 3 aromatic carbocycles. The van der Waals surface area contributed by atoms with E-state index >= 15 is 0 Å². The van der Waals surface area contributed by atoms with E-state index < -0.39 is 0 Å². The summed E-state index contributed by atoms with van der Waals surface area (Å²) in [7, 11) is 1.67. The quantitative estimate of drug-likeness (QED) is 0.531. The Kier molecular flexibility index (Phi) is 6.89. The fourth-order valence-electron chi connectivity index (χ4n) is 3.11. The maximum Gasteiger partial charge on any atom is 0.107 e. The first-order valence-corrected chi connectivity index (χ1v) is 9.58. The van der Waals surface area contributed by atoms with E-state index in [1.54, 1.807) is 7.11 Å². The number of para-hydroxylation sites is 1. The third kappa shape index (κ3) is 5.49. The van der Waals surface area contributed by atoms with Crippen LogP contribution in [0.25, 0.3) is 0 Å². The van der Waals surface area contributed by atoms with Gasteiger partial charge in [-0.25, -0.2) is 0 Å². The summed E-state index contributed by atoms with van der Waals surface area (Å²) < 4.78 is 5.09. The van der Waals surface area contributed by atoms with Crippen molar-refractivity contribution >= 4 is 5.69 Å². The van der Waals surface area contributed by atoms with Crippen molar-refractivity contribution in [3.8, 4) is 11.8 Å². The number of benzene rings is 3. The molecule has 0 saturated heterocycles. The largest absolute Gasteiger partial charge is 0.372 e. The normalized spacial score (nSPS) is 10.2. The molecule has 0 atom stereocenters. The van der Waals surface area contributed by atoms with Crippen molar-refractivity contribution in [1.82, 2.24) is 0 Å². The molecule has 0 saturated carbocycles. The first kappa shape index (κ1) is 19.7. The molecule has 0 bridgehead atoms. The van der Waals surface area contributed by atoms with Crippen molar-refractivity contribution in [2.45, 2.75) is 26.9 Å². The summed E-state index contributed by atoms with van der Waals surface area (Å²) in [5.74, 6) is 6.36. The van der Waals surface area contributed by atoms with Gasteiger partial charge in [0.15, 0.2) is 0 Å². The number of ether oxygens (including phenoxy) is 1. The summed E-state index contributed by atoms with van der Waals surface area (Å²) in [6, 6.07) is 25.8. The van der Waals surface area contributed by atoms with Gasteiger partial charge in [0.25, 0.3) is 0 Å². The fraction of sp³-hybridized carbons (Fsp3) is 0.231. The monoisotopic (exact) mass is 369 g/mol. The summed E-state index contributed by atoms with van der Waals surface area (Å²) >= 11 is 0. The number of aryl methyl sites for hydroxylation is 2. The van der Waals surface area contributed by atoms with Gasteiger partial charge in [-0.1, -0.05) is 83.6 Å². The minimum Gasteiger partial charge on any atom is -0.372 e. The van der Waals surface area contributed by atoms with Gasteiger partial charge in [-0.3, -0.25) is 0 Å². The topological polar surface area (TPSA) is 12.5 Å². The van der Waals surface area contributed by atoms with Crippen LogP contribution >= 0.6 is 0 Å². The molecule has 0 aliphatic heterocycles. The highest BCUT2D eigenvalue weighted by atomic mass is 16.5. The van der Waals surface area contributed by atoms with Crippen LogP contribution in [0.2, 0.25) is 0 Å². The van der Waals surface area contributed by atoms with Gasteiger partial charge in [-0.05, 0) is 37.1 Å². The molecule has 28 heavy (non-hydrogen) atoms. The number of rotatable bonds is 6. The van der Waals surface area contributed by atoms with E-state index in [0.29, 0.717) is 6.61 Å². The molecule has 0 aliphatic carbocycles. The lowest BCUT2D eigenvalue weighted by Gasteiger charge is -2.26. The molecule has 0 fully saturated rings. The number of nitrogens with zero attached hydrogens (tertiary/aromatic N) is 1. The molecule has 0 aliphatic rings.